The highest BCUT2D eigenvalue weighted by Crippen LogP contribution is 2.33. The zero-order chi connectivity index (χ0) is 16.1. The molecule has 1 N–H and O–H groups in total. The number of nitrogens with one attached hydrogen (secondary N) is 1. The first-order valence-corrected chi connectivity index (χ1v) is 9.09. The molecule has 2 atom stereocenters. The van der Waals surface area contributed by atoms with Crippen LogP contribution in [0.3, 0.4) is 0 Å². The van der Waals surface area contributed by atoms with Crippen molar-refractivity contribution in [3.8, 4) is 5.75 Å². The average Bonchev–Trinajstić information content (AvgIpc) is 3.02. The van der Waals surface area contributed by atoms with Crippen molar-refractivity contribution in [1.29, 1.82) is 0 Å². The van der Waals surface area contributed by atoms with Gasteiger partial charge in [0.05, 0.1) is 12.6 Å². The van der Waals surface area contributed by atoms with Crippen LogP contribution in [-0.2, 0) is 0 Å². The van der Waals surface area contributed by atoms with Gasteiger partial charge in [0.2, 0.25) is 0 Å². The van der Waals surface area contributed by atoms with E-state index in [0.717, 1.165) is 44.8 Å². The number of rotatable bonds is 7. The van der Waals surface area contributed by atoms with Crippen LogP contribution in [0.2, 0.25) is 0 Å². The van der Waals surface area contributed by atoms with E-state index in [2.05, 4.69) is 53.5 Å². The fraction of sp³-hybridized carbons (Fsp3) is 0.632. The smallest absolute Gasteiger partial charge is 0.119 e. The van der Waals surface area contributed by atoms with Gasteiger partial charge < -0.3 is 15.1 Å². The first-order chi connectivity index (χ1) is 11.3. The topological polar surface area (TPSA) is 36.9 Å². The van der Waals surface area contributed by atoms with Crippen LogP contribution >= 0.6 is 0 Å². The zero-order valence-electron chi connectivity index (χ0n) is 14.4. The Morgan fingerprint density at radius 1 is 1.22 bits per heavy atom. The fourth-order valence-electron chi connectivity index (χ4n) is 3.52. The van der Waals surface area contributed by atoms with Crippen LogP contribution in [0.4, 0.5) is 0 Å². The molecule has 0 radical (unpaired) electrons. The summed E-state index contributed by atoms with van der Waals surface area (Å²) in [5.74, 6) is 1.49. The number of nitrogens with zero attached hydrogens (tertiary/aromatic N) is 2. The molecule has 2 aliphatic heterocycles. The lowest BCUT2D eigenvalue weighted by Crippen LogP contribution is -2.41. The van der Waals surface area contributed by atoms with Gasteiger partial charge in [0, 0.05) is 31.1 Å². The number of fused-ring (bicyclic) bond motifs is 1. The molecule has 0 saturated carbocycles. The summed E-state index contributed by atoms with van der Waals surface area (Å²) in [7, 11) is 0. The summed E-state index contributed by atoms with van der Waals surface area (Å²) in [5, 5.41) is 4.59. The summed E-state index contributed by atoms with van der Waals surface area (Å²) in [6.45, 7) is 8.65. The molecule has 23 heavy (non-hydrogen) atoms. The summed E-state index contributed by atoms with van der Waals surface area (Å²) in [6.07, 6.45) is 4.70. The summed E-state index contributed by atoms with van der Waals surface area (Å²) in [6, 6.07) is 8.89. The summed E-state index contributed by atoms with van der Waals surface area (Å²) in [5.41, 5.74) is 6.02. The van der Waals surface area contributed by atoms with Gasteiger partial charge in [0.15, 0.2) is 0 Å². The Bertz CT molecular complexity index is 526. The molecule has 0 bridgehead atoms. The van der Waals surface area contributed by atoms with Crippen LogP contribution in [0.15, 0.2) is 29.4 Å². The monoisotopic (exact) mass is 315 g/mol. The molecule has 1 aromatic rings. The van der Waals surface area contributed by atoms with E-state index in [1.165, 1.54) is 24.1 Å². The van der Waals surface area contributed by atoms with Crippen LogP contribution in [0.5, 0.6) is 5.75 Å². The van der Waals surface area contributed by atoms with Crippen LogP contribution in [0.25, 0.3) is 0 Å². The maximum Gasteiger partial charge on any atom is 0.119 e. The average molecular weight is 315 g/mol. The molecule has 4 nitrogen and oxygen atoms in total. The quantitative estimate of drug-likeness (QED) is 0.781. The molecule has 126 valence electrons. The standard InChI is InChI=1S/C19H29N3O/c1-3-5-6-13-23-16-9-7-15(8-10-16)19-17-14-22(4-2)12-11-18(17)20-21-19/h7-10,17,19,21H,3-6,11-14H2,1-2H3. The second kappa shape index (κ2) is 7.82. The minimum Gasteiger partial charge on any atom is -0.494 e. The van der Waals surface area contributed by atoms with Gasteiger partial charge in [-0.2, -0.15) is 5.10 Å². The summed E-state index contributed by atoms with van der Waals surface area (Å²) < 4.78 is 5.81. The second-order valence-electron chi connectivity index (χ2n) is 6.58. The molecule has 1 saturated heterocycles. The predicted molar refractivity (Wildman–Crippen MR) is 95.0 cm³/mol. The molecule has 1 fully saturated rings. The molecule has 2 unspecified atom stereocenters. The molecular weight excluding hydrogens is 286 g/mol. The van der Waals surface area contributed by atoms with Gasteiger partial charge in [-0.3, -0.25) is 0 Å². The molecule has 0 aromatic heterocycles. The Morgan fingerprint density at radius 2 is 2.04 bits per heavy atom. The number of benzene rings is 1. The first kappa shape index (κ1) is 16.3. The maximum atomic E-state index is 5.81. The Morgan fingerprint density at radius 3 is 2.78 bits per heavy atom. The molecule has 3 rings (SSSR count). The normalized spacial score (nSPS) is 24.0. The molecule has 1 aromatic carbocycles. The van der Waals surface area contributed by atoms with Crippen molar-refractivity contribution in [2.75, 3.05) is 26.2 Å². The molecule has 0 aliphatic carbocycles. The highest BCUT2D eigenvalue weighted by Gasteiger charge is 2.36. The van der Waals surface area contributed by atoms with Crippen LogP contribution in [0, 0.1) is 5.92 Å². The first-order valence-electron chi connectivity index (χ1n) is 9.09. The molecule has 2 aliphatic rings. The van der Waals surface area contributed by atoms with E-state index >= 15 is 0 Å². The third kappa shape index (κ3) is 3.86. The van der Waals surface area contributed by atoms with E-state index < -0.39 is 0 Å². The Hall–Kier alpha value is -1.55. The minimum absolute atomic E-state index is 0.313. The summed E-state index contributed by atoms with van der Waals surface area (Å²) in [4.78, 5) is 2.52. The van der Waals surface area contributed by atoms with Gasteiger partial charge >= 0.3 is 0 Å². The van der Waals surface area contributed by atoms with Gasteiger partial charge in [-0.15, -0.1) is 0 Å². The lowest BCUT2D eigenvalue weighted by Gasteiger charge is -2.32. The van der Waals surface area contributed by atoms with Gasteiger partial charge in [-0.05, 0) is 30.7 Å². The molecule has 0 amide bonds. The largest absolute Gasteiger partial charge is 0.494 e. The van der Waals surface area contributed by atoms with Crippen LogP contribution in [0.1, 0.15) is 51.1 Å². The molecule has 4 heteroatoms. The van der Waals surface area contributed by atoms with Crippen molar-refractivity contribution in [3.63, 3.8) is 0 Å². The fourth-order valence-corrected chi connectivity index (χ4v) is 3.52. The predicted octanol–water partition coefficient (Wildman–Crippen LogP) is 3.60. The van der Waals surface area contributed by atoms with Crippen molar-refractivity contribution in [2.45, 2.75) is 45.6 Å². The molecule has 0 spiro atoms. The van der Waals surface area contributed by atoms with Crippen molar-refractivity contribution >= 4 is 5.71 Å². The molecular formula is C19H29N3O. The Balaban J connectivity index is 1.59. The number of ether oxygens (including phenoxy) is 1. The third-order valence-corrected chi connectivity index (χ3v) is 5.02. The van der Waals surface area contributed by atoms with Crippen LogP contribution < -0.4 is 10.2 Å². The number of piperidine rings is 1. The maximum absolute atomic E-state index is 5.81. The zero-order valence-corrected chi connectivity index (χ0v) is 14.4. The number of unbranched alkanes of at least 4 members (excludes halogenated alkanes) is 2. The molecule has 2 heterocycles. The van der Waals surface area contributed by atoms with E-state index in [9.17, 15) is 0 Å². The van der Waals surface area contributed by atoms with E-state index in [0.29, 0.717) is 12.0 Å². The lowest BCUT2D eigenvalue weighted by atomic mass is 9.86. The highest BCUT2D eigenvalue weighted by atomic mass is 16.5. The number of hydrogen-bond acceptors (Lipinski definition) is 4. The third-order valence-electron chi connectivity index (χ3n) is 5.02. The van der Waals surface area contributed by atoms with E-state index in [-0.39, 0.29) is 0 Å². The van der Waals surface area contributed by atoms with Crippen LogP contribution in [-0.4, -0.2) is 36.9 Å². The van der Waals surface area contributed by atoms with Gasteiger partial charge in [0.25, 0.3) is 0 Å². The van der Waals surface area contributed by atoms with Crippen molar-refractivity contribution < 1.29 is 4.74 Å². The summed E-state index contributed by atoms with van der Waals surface area (Å²) >= 11 is 0. The second-order valence-corrected chi connectivity index (χ2v) is 6.58. The van der Waals surface area contributed by atoms with Crippen molar-refractivity contribution in [3.05, 3.63) is 29.8 Å². The van der Waals surface area contributed by atoms with Gasteiger partial charge in [-0.1, -0.05) is 38.8 Å². The van der Waals surface area contributed by atoms with E-state index in [4.69, 9.17) is 4.74 Å². The minimum atomic E-state index is 0.313. The highest BCUT2D eigenvalue weighted by molar-refractivity contribution is 5.89. The Labute approximate surface area is 139 Å². The van der Waals surface area contributed by atoms with E-state index in [1.54, 1.807) is 0 Å². The van der Waals surface area contributed by atoms with Crippen molar-refractivity contribution in [2.24, 2.45) is 11.0 Å². The Kier molecular flexibility index (Phi) is 5.55. The number of hydrogen-bond donors (Lipinski definition) is 1. The van der Waals surface area contributed by atoms with Crippen molar-refractivity contribution in [1.82, 2.24) is 10.3 Å². The number of likely N-dealkylation sites (tertiary alicyclic amines) is 1. The van der Waals surface area contributed by atoms with Gasteiger partial charge in [-0.25, -0.2) is 0 Å². The van der Waals surface area contributed by atoms with E-state index in [1.807, 2.05) is 0 Å². The lowest BCUT2D eigenvalue weighted by molar-refractivity contribution is 0.238. The number of hydrazone groups is 1. The SMILES string of the molecule is CCCCCOc1ccc(C2NN=C3CCN(CC)CC32)cc1. The van der Waals surface area contributed by atoms with Gasteiger partial charge in [0.1, 0.15) is 5.75 Å².